The Bertz CT molecular complexity index is 7310. The minimum atomic E-state index is -0.817. The lowest BCUT2D eigenvalue weighted by molar-refractivity contribution is -0.134. The summed E-state index contributed by atoms with van der Waals surface area (Å²) in [4.78, 5) is 112. The molecular formula is C97H116N26O9. The Labute approximate surface area is 759 Å². The second-order valence-corrected chi connectivity index (χ2v) is 35.3. The standard InChI is InChI=1S/C21H21N5O2.2C20H26N6O2.C19H24N4O2.C17H19N5O/c1-13-18-19(25-24-13)16-9-5-6-10-17(16)26(21(18)28)12-15(11-22)23-20(27)14-7-3-2-4-8-14;1-13-18-19(23-22-13)15-5-3-4-6-16(15)26(20(18)28)12-14(21)11-17(27)25-9-7-24(2)8-10-25;1-13-17-18(23-22-13)14-5-3-4-6-16(14)26(20(17)28)8-7-15(21)19(27)25-11-9-24(2)10-12-25;1-25-12-19(7-8-19)11-14-16-17(22-21-14)13-5-2-3-6-15(13)23(18(16)24)10-4-9-20;1-17(2,10-19)15-13-14(20-21-15)11-6-3-4-7-12(11)22(16(13)23)9-5-8-18/h2-10,15H,11-12,22H2,1H3,(H,23,27)(H,24,25);3-6,14H,7-12,21H2,1-2H3,(H,22,23);3-6,15H,7-12,21H2,1-2H3,(H,22,23);2-3,5-6H,4,7-12,20H2,1H3,(H,21,22);3-4,6-7H,5,8-9,18H2,1-2H3,(H,20,21). The van der Waals surface area contributed by atoms with Crippen LogP contribution < -0.4 is 61.8 Å². The first-order valence-corrected chi connectivity index (χ1v) is 44.9. The molecule has 3 aliphatic rings. The van der Waals surface area contributed by atoms with E-state index in [-0.39, 0.29) is 70.4 Å². The maximum atomic E-state index is 13.2. The molecule has 6 aromatic carbocycles. The highest BCUT2D eigenvalue weighted by Crippen LogP contribution is 2.49. The van der Waals surface area contributed by atoms with E-state index in [2.05, 4.69) is 79.2 Å². The van der Waals surface area contributed by atoms with Gasteiger partial charge in [0.1, 0.15) is 27.6 Å². The number of para-hydroxylation sites is 5. The summed E-state index contributed by atoms with van der Waals surface area (Å²) in [5.41, 5.74) is 40.4. The summed E-state index contributed by atoms with van der Waals surface area (Å²) in [7, 11) is 5.84. The van der Waals surface area contributed by atoms with Crippen molar-refractivity contribution in [2.24, 2.45) is 34.1 Å². The smallest absolute Gasteiger partial charge is 0.262 e. The molecule has 3 amide bonds. The zero-order valence-corrected chi connectivity index (χ0v) is 75.9. The number of nitrogens with two attached hydrogens (primary N) is 5. The molecule has 35 heteroatoms. The van der Waals surface area contributed by atoms with Gasteiger partial charge >= 0.3 is 0 Å². The fraction of sp³-hybridized carbons (Fsp3) is 0.381. The molecule has 2 saturated heterocycles. The maximum absolute atomic E-state index is 13.2. The summed E-state index contributed by atoms with van der Waals surface area (Å²) >= 11 is 0. The molecule has 0 bridgehead atoms. The predicted molar refractivity (Wildman–Crippen MR) is 517 cm³/mol. The van der Waals surface area contributed by atoms with Gasteiger partial charge in [0, 0.05) is 166 Å². The summed E-state index contributed by atoms with van der Waals surface area (Å²) < 4.78 is 14.0. The van der Waals surface area contributed by atoms with E-state index < -0.39 is 23.5 Å². The number of carbonyl (C=O) groups excluding carboxylic acids is 3. The van der Waals surface area contributed by atoms with Crippen molar-refractivity contribution in [3.05, 3.63) is 237 Å². The van der Waals surface area contributed by atoms with Crippen LogP contribution in [0.4, 0.5) is 0 Å². The van der Waals surface area contributed by atoms with Crippen molar-refractivity contribution in [3.63, 3.8) is 0 Å². The van der Waals surface area contributed by atoms with Crippen LogP contribution in [0.3, 0.4) is 0 Å². The van der Waals surface area contributed by atoms with Gasteiger partial charge in [0.05, 0.1) is 90.4 Å². The van der Waals surface area contributed by atoms with Crippen molar-refractivity contribution >= 4 is 127 Å². The lowest BCUT2D eigenvalue weighted by Gasteiger charge is -2.34. The zero-order chi connectivity index (χ0) is 93.4. The van der Waals surface area contributed by atoms with Gasteiger partial charge in [-0.2, -0.15) is 30.8 Å². The largest absolute Gasteiger partial charge is 0.384 e. The van der Waals surface area contributed by atoms with Crippen LogP contribution in [0.1, 0.15) is 91.2 Å². The van der Waals surface area contributed by atoms with Gasteiger partial charge in [-0.05, 0) is 148 Å². The van der Waals surface area contributed by atoms with Crippen molar-refractivity contribution in [2.75, 3.05) is 99.8 Å². The number of amides is 3. The van der Waals surface area contributed by atoms with Crippen molar-refractivity contribution in [2.45, 2.75) is 136 Å². The van der Waals surface area contributed by atoms with E-state index in [1.54, 1.807) is 63.5 Å². The molecule has 19 rings (SSSR count). The van der Waals surface area contributed by atoms with Crippen LogP contribution in [0.5, 0.6) is 0 Å². The van der Waals surface area contributed by atoms with Gasteiger partial charge in [-0.1, -0.05) is 109 Å². The number of nitrogens with zero attached hydrogens (tertiary/aromatic N) is 15. The maximum Gasteiger partial charge on any atom is 0.262 e. The molecule has 0 radical (unpaired) electrons. The summed E-state index contributed by atoms with van der Waals surface area (Å²) in [6.07, 6.45) is 5.21. The number of hydrogen-bond donors (Lipinski definition) is 11. The Morgan fingerprint density at radius 2 is 0.871 bits per heavy atom. The Morgan fingerprint density at radius 3 is 1.31 bits per heavy atom. The highest BCUT2D eigenvalue weighted by atomic mass is 16.5. The van der Waals surface area contributed by atoms with E-state index in [1.165, 1.54) is 0 Å². The first-order valence-electron chi connectivity index (χ1n) is 44.9. The van der Waals surface area contributed by atoms with E-state index in [9.17, 15) is 43.6 Å². The van der Waals surface area contributed by atoms with Crippen molar-refractivity contribution in [1.82, 2.24) is 98.7 Å². The third kappa shape index (κ3) is 19.1. The first-order chi connectivity index (χ1) is 63.7. The van der Waals surface area contributed by atoms with Crippen molar-refractivity contribution < 1.29 is 19.1 Å². The minimum Gasteiger partial charge on any atom is -0.384 e. The van der Waals surface area contributed by atoms with E-state index in [0.29, 0.717) is 120 Å². The molecule has 2 aliphatic heterocycles. The number of aromatic nitrogens is 15. The lowest BCUT2D eigenvalue weighted by Crippen LogP contribution is -2.52. The van der Waals surface area contributed by atoms with Gasteiger partial charge in [-0.3, -0.25) is 63.8 Å². The van der Waals surface area contributed by atoms with Crippen molar-refractivity contribution in [1.29, 1.82) is 5.26 Å². The third-order valence-electron chi connectivity index (χ3n) is 25.6. The average molecular weight is 1790 g/mol. The summed E-state index contributed by atoms with van der Waals surface area (Å²) in [5, 5.41) is 56.4. The predicted octanol–water partition coefficient (Wildman–Crippen LogP) is 7.52. The van der Waals surface area contributed by atoms with Gasteiger partial charge in [-0.15, -0.1) is 0 Å². The Morgan fingerprint density at radius 1 is 0.492 bits per heavy atom. The third-order valence-corrected chi connectivity index (χ3v) is 25.6. The Hall–Kier alpha value is -13.7. The average Bonchev–Trinajstić information content (AvgIpc) is 1.57. The monoisotopic (exact) mass is 1790 g/mol. The summed E-state index contributed by atoms with van der Waals surface area (Å²) in [6.45, 7) is 19.5. The molecule has 12 heterocycles. The van der Waals surface area contributed by atoms with Crippen LogP contribution in [-0.2, 0) is 58.9 Å². The van der Waals surface area contributed by atoms with Crippen LogP contribution in [0.15, 0.2) is 176 Å². The van der Waals surface area contributed by atoms with Gasteiger partial charge in [0.25, 0.3) is 33.7 Å². The molecule has 688 valence electrons. The van der Waals surface area contributed by atoms with Crippen LogP contribution >= 0.6 is 0 Å². The number of methoxy groups -OCH3 is 1. The molecule has 16 aromatic rings. The molecule has 10 aromatic heterocycles. The van der Waals surface area contributed by atoms with E-state index in [4.69, 9.17) is 33.4 Å². The van der Waals surface area contributed by atoms with Gasteiger partial charge < -0.3 is 81.2 Å². The lowest BCUT2D eigenvalue weighted by atomic mass is 9.89. The molecular weight excluding hydrogens is 1670 g/mol. The molecule has 1 aliphatic carbocycles. The number of likely N-dealkylation sites (N-methyl/N-ethyl adjacent to an activating group) is 2. The minimum absolute atomic E-state index is 0.0270. The van der Waals surface area contributed by atoms with Gasteiger partial charge in [0.2, 0.25) is 11.8 Å². The van der Waals surface area contributed by atoms with Crippen LogP contribution in [0.25, 0.3) is 109 Å². The number of nitrogens with one attached hydrogen (secondary N) is 6. The molecule has 1 saturated carbocycles. The molecule has 132 heavy (non-hydrogen) atoms. The number of piperazine rings is 2. The molecule has 16 N–H and O–H groups in total. The fourth-order valence-corrected chi connectivity index (χ4v) is 18.0. The Balaban J connectivity index is 0.000000126. The second-order valence-electron chi connectivity index (χ2n) is 35.3. The number of pyridine rings is 5. The molecule has 3 fully saturated rings. The quantitative estimate of drug-likeness (QED) is 0.0278. The molecule has 0 spiro atoms. The summed E-state index contributed by atoms with van der Waals surface area (Å²) in [5.74, 6) is -0.196. The van der Waals surface area contributed by atoms with Crippen LogP contribution in [0, 0.1) is 37.5 Å². The molecule has 35 nitrogen and oxygen atoms in total. The number of fused-ring (bicyclic) bond motifs is 15. The second kappa shape index (κ2) is 40.3. The number of rotatable bonds is 24. The first kappa shape index (κ1) is 93.0. The number of aryl methyl sites for hydroxylation is 6. The number of carbonyl (C=O) groups is 3. The zero-order valence-electron chi connectivity index (χ0n) is 75.9. The van der Waals surface area contributed by atoms with Crippen molar-refractivity contribution in [3.8, 4) is 6.07 Å². The normalized spacial score (nSPS) is 14.8. The van der Waals surface area contributed by atoms with Crippen LogP contribution in [-0.4, -0.2) is 229 Å². The highest BCUT2D eigenvalue weighted by Gasteiger charge is 2.44. The number of benzene rings is 6. The van der Waals surface area contributed by atoms with E-state index in [0.717, 1.165) is 160 Å². The van der Waals surface area contributed by atoms with E-state index in [1.807, 2.05) is 170 Å². The molecule has 3 unspecified atom stereocenters. The topological polar surface area (TPSA) is 493 Å². The number of H-pyrrole nitrogens is 5. The Kier molecular flexibility index (Phi) is 28.4. The molecule has 3 atom stereocenters. The summed E-state index contributed by atoms with van der Waals surface area (Å²) in [6, 6.07) is 48.4. The number of ether oxygens (including phenoxy) is 1. The van der Waals surface area contributed by atoms with E-state index >= 15 is 0 Å². The SMILES string of the molecule is CC(C)(C#N)c1[nH]nc2c1c(=O)n(CCCN)c1ccccc21.COCC1(Cc2[nH]nc3c2c(=O)n(CCCN)c2ccccc32)CC1.Cc1[nH]nc2c1c(=O)n(CC(CN)NC(=O)c1ccccc1)c1ccccc21.Cc1[nH]nc2c1c(=O)n(CC(N)CC(=O)N1CCN(C)CC1)c1ccccc21.Cc1[nH]nc2c1c(=O)n(CCC(N)C(=O)N1CCN(C)CC1)c1ccccc21. The number of hydrogen-bond acceptors (Lipinski definition) is 22. The number of nitriles is 1. The van der Waals surface area contributed by atoms with Crippen LogP contribution in [0.2, 0.25) is 0 Å². The van der Waals surface area contributed by atoms with Gasteiger partial charge in [-0.25, -0.2) is 0 Å². The fourth-order valence-electron chi connectivity index (χ4n) is 18.0. The highest BCUT2D eigenvalue weighted by molar-refractivity contribution is 6.08. The van der Waals surface area contributed by atoms with Gasteiger partial charge in [0.15, 0.2) is 0 Å². The number of aromatic amines is 5.